The van der Waals surface area contributed by atoms with Gasteiger partial charge in [0.25, 0.3) is 11.5 Å². The van der Waals surface area contributed by atoms with E-state index in [1.165, 1.54) is 6.07 Å². The van der Waals surface area contributed by atoms with Crippen molar-refractivity contribution in [2.75, 3.05) is 32.7 Å². The highest BCUT2D eigenvalue weighted by Crippen LogP contribution is 2.23. The molecule has 3 heterocycles. The van der Waals surface area contributed by atoms with Crippen molar-refractivity contribution in [2.45, 2.75) is 52.0 Å². The molecule has 2 aromatic rings. The van der Waals surface area contributed by atoms with Gasteiger partial charge >= 0.3 is 0 Å². The van der Waals surface area contributed by atoms with Crippen molar-refractivity contribution >= 4 is 11.8 Å². The number of hydrogen-bond acceptors (Lipinski definition) is 5. The van der Waals surface area contributed by atoms with E-state index in [0.29, 0.717) is 43.9 Å². The molecule has 4 rings (SSSR count). The van der Waals surface area contributed by atoms with Gasteiger partial charge in [0.15, 0.2) is 0 Å². The standard InChI is InChI=1S/C25H32FN5O3/c1-16-17(2)22(32)29-28-21(16)15-18-6-7-20(26)19(14-18)23(33)30-10-12-31(13-11-30)24(34)25(3)8-4-5-9-27-25/h6-7,14,27H,4-5,8-13,15H2,1-3H3,(H,29,32). The Hall–Kier alpha value is -3.07. The SMILES string of the molecule is Cc1c(Cc2ccc(F)c(C(=O)N3CCN(C(=O)C4(C)CCCCN4)CC3)c2)n[nH]c(=O)c1C. The first-order chi connectivity index (χ1) is 16.2. The number of halogens is 1. The summed E-state index contributed by atoms with van der Waals surface area (Å²) >= 11 is 0. The average molecular weight is 470 g/mol. The Kier molecular flexibility index (Phi) is 6.84. The average Bonchev–Trinajstić information content (AvgIpc) is 2.85. The number of H-pyrrole nitrogens is 1. The summed E-state index contributed by atoms with van der Waals surface area (Å²) < 4.78 is 14.6. The Morgan fingerprint density at radius 3 is 2.47 bits per heavy atom. The van der Waals surface area contributed by atoms with Crippen molar-refractivity contribution in [3.63, 3.8) is 0 Å². The maximum Gasteiger partial charge on any atom is 0.267 e. The maximum absolute atomic E-state index is 14.6. The smallest absolute Gasteiger partial charge is 0.267 e. The van der Waals surface area contributed by atoms with E-state index in [2.05, 4.69) is 15.5 Å². The van der Waals surface area contributed by atoms with Crippen LogP contribution in [0.3, 0.4) is 0 Å². The lowest BCUT2D eigenvalue weighted by atomic mass is 9.89. The van der Waals surface area contributed by atoms with Crippen LogP contribution in [0.2, 0.25) is 0 Å². The van der Waals surface area contributed by atoms with Crippen LogP contribution in [-0.4, -0.2) is 70.1 Å². The summed E-state index contributed by atoms with van der Waals surface area (Å²) in [5.74, 6) is -0.879. The highest BCUT2D eigenvalue weighted by molar-refractivity contribution is 5.95. The lowest BCUT2D eigenvalue weighted by Gasteiger charge is -2.41. The summed E-state index contributed by atoms with van der Waals surface area (Å²) in [4.78, 5) is 41.3. The fraction of sp³-hybridized carbons (Fsp3) is 0.520. The van der Waals surface area contributed by atoms with Crippen LogP contribution in [0, 0.1) is 19.7 Å². The molecule has 34 heavy (non-hydrogen) atoms. The lowest BCUT2D eigenvalue weighted by Crippen LogP contribution is -2.61. The zero-order chi connectivity index (χ0) is 24.5. The number of carbonyl (C=O) groups excluding carboxylic acids is 2. The van der Waals surface area contributed by atoms with E-state index in [0.717, 1.165) is 36.9 Å². The van der Waals surface area contributed by atoms with Crippen molar-refractivity contribution < 1.29 is 14.0 Å². The fourth-order valence-corrected chi connectivity index (χ4v) is 4.76. The molecular formula is C25H32FN5O3. The first-order valence-corrected chi connectivity index (χ1v) is 11.9. The predicted octanol–water partition coefficient (Wildman–Crippen LogP) is 1.93. The summed E-state index contributed by atoms with van der Waals surface area (Å²) in [6.07, 6.45) is 3.29. The third kappa shape index (κ3) is 4.75. The normalized spacial score (nSPS) is 20.9. The highest BCUT2D eigenvalue weighted by atomic mass is 19.1. The Labute approximate surface area is 198 Å². The van der Waals surface area contributed by atoms with Crippen molar-refractivity contribution in [3.8, 4) is 0 Å². The molecule has 0 bridgehead atoms. The van der Waals surface area contributed by atoms with Crippen molar-refractivity contribution in [2.24, 2.45) is 0 Å². The van der Waals surface area contributed by atoms with Gasteiger partial charge in [-0.25, -0.2) is 9.49 Å². The van der Waals surface area contributed by atoms with E-state index in [-0.39, 0.29) is 22.9 Å². The lowest BCUT2D eigenvalue weighted by molar-refractivity contribution is -0.140. The van der Waals surface area contributed by atoms with Gasteiger partial charge in [0.05, 0.1) is 16.8 Å². The third-order valence-electron chi connectivity index (χ3n) is 7.21. The quantitative estimate of drug-likeness (QED) is 0.713. The molecule has 2 fully saturated rings. The number of aromatic nitrogens is 2. The van der Waals surface area contributed by atoms with E-state index < -0.39 is 11.4 Å². The van der Waals surface area contributed by atoms with E-state index >= 15 is 0 Å². The molecule has 1 unspecified atom stereocenters. The number of rotatable bonds is 4. The van der Waals surface area contributed by atoms with Crippen LogP contribution >= 0.6 is 0 Å². The predicted molar refractivity (Wildman–Crippen MR) is 126 cm³/mol. The monoisotopic (exact) mass is 469 g/mol. The molecule has 2 amide bonds. The molecule has 0 spiro atoms. The summed E-state index contributed by atoms with van der Waals surface area (Å²) in [7, 11) is 0. The van der Waals surface area contributed by atoms with Crippen LogP contribution in [0.1, 0.15) is 58.9 Å². The molecule has 1 aromatic heterocycles. The van der Waals surface area contributed by atoms with Gasteiger partial charge in [-0.05, 0) is 69.8 Å². The van der Waals surface area contributed by atoms with Crippen molar-refractivity contribution in [3.05, 3.63) is 62.3 Å². The van der Waals surface area contributed by atoms with Gasteiger partial charge in [-0.15, -0.1) is 0 Å². The summed E-state index contributed by atoms with van der Waals surface area (Å²) in [5.41, 5.74) is 2.02. The zero-order valence-corrected chi connectivity index (χ0v) is 20.0. The fourth-order valence-electron chi connectivity index (χ4n) is 4.76. The zero-order valence-electron chi connectivity index (χ0n) is 20.0. The van der Waals surface area contributed by atoms with Crippen molar-refractivity contribution in [1.29, 1.82) is 0 Å². The number of piperazine rings is 1. The molecular weight excluding hydrogens is 437 g/mol. The Balaban J connectivity index is 1.44. The molecule has 182 valence electrons. The molecule has 0 aliphatic carbocycles. The number of carbonyl (C=O) groups is 2. The molecule has 2 aliphatic heterocycles. The van der Waals surface area contributed by atoms with Gasteiger partial charge in [0.2, 0.25) is 5.91 Å². The maximum atomic E-state index is 14.6. The number of benzene rings is 1. The topological polar surface area (TPSA) is 98.4 Å². The van der Waals surface area contributed by atoms with E-state index in [9.17, 15) is 18.8 Å². The molecule has 2 N–H and O–H groups in total. The minimum absolute atomic E-state index is 0.0111. The molecule has 1 aromatic carbocycles. The molecule has 0 radical (unpaired) electrons. The number of nitrogens with one attached hydrogen (secondary N) is 2. The Morgan fingerprint density at radius 1 is 1.09 bits per heavy atom. The Bertz CT molecular complexity index is 1150. The minimum Gasteiger partial charge on any atom is -0.338 e. The van der Waals surface area contributed by atoms with Gasteiger partial charge in [-0.1, -0.05) is 6.07 Å². The van der Waals surface area contributed by atoms with Crippen LogP contribution in [0.25, 0.3) is 0 Å². The second-order valence-corrected chi connectivity index (χ2v) is 9.54. The van der Waals surface area contributed by atoms with Crippen LogP contribution in [0.5, 0.6) is 0 Å². The van der Waals surface area contributed by atoms with Crippen LogP contribution in [0.15, 0.2) is 23.0 Å². The van der Waals surface area contributed by atoms with Gasteiger partial charge in [0.1, 0.15) is 5.82 Å². The molecule has 2 aliphatic rings. The number of nitrogens with zero attached hydrogens (tertiary/aromatic N) is 3. The Morgan fingerprint density at radius 2 is 1.79 bits per heavy atom. The summed E-state index contributed by atoms with van der Waals surface area (Å²) in [5, 5.41) is 9.95. The second-order valence-electron chi connectivity index (χ2n) is 9.54. The van der Waals surface area contributed by atoms with E-state index in [4.69, 9.17) is 0 Å². The van der Waals surface area contributed by atoms with Crippen molar-refractivity contribution in [1.82, 2.24) is 25.3 Å². The molecule has 0 saturated carbocycles. The minimum atomic E-state index is -0.575. The van der Waals surface area contributed by atoms with Crippen LogP contribution in [-0.2, 0) is 11.2 Å². The molecule has 2 saturated heterocycles. The number of piperidine rings is 1. The number of aromatic amines is 1. The molecule has 1 atom stereocenters. The highest BCUT2D eigenvalue weighted by Gasteiger charge is 2.39. The van der Waals surface area contributed by atoms with E-state index in [1.54, 1.807) is 24.0 Å². The first kappa shape index (κ1) is 24.1. The van der Waals surface area contributed by atoms with Crippen LogP contribution < -0.4 is 10.9 Å². The van der Waals surface area contributed by atoms with Gasteiger partial charge in [-0.2, -0.15) is 5.10 Å². The molecule has 8 nitrogen and oxygen atoms in total. The third-order valence-corrected chi connectivity index (χ3v) is 7.21. The molecule has 9 heteroatoms. The van der Waals surface area contributed by atoms with Gasteiger partial charge < -0.3 is 15.1 Å². The number of hydrogen-bond donors (Lipinski definition) is 2. The summed E-state index contributed by atoms with van der Waals surface area (Å²) in [6.45, 7) is 7.94. The van der Waals surface area contributed by atoms with Gasteiger partial charge in [-0.3, -0.25) is 14.4 Å². The largest absolute Gasteiger partial charge is 0.338 e. The van der Waals surface area contributed by atoms with Gasteiger partial charge in [0, 0.05) is 38.2 Å². The number of amides is 2. The second kappa shape index (κ2) is 9.66. The first-order valence-electron chi connectivity index (χ1n) is 11.9. The summed E-state index contributed by atoms with van der Waals surface area (Å²) in [6, 6.07) is 4.48. The van der Waals surface area contributed by atoms with Crippen LogP contribution in [0.4, 0.5) is 4.39 Å². The van der Waals surface area contributed by atoms with E-state index in [1.807, 2.05) is 18.7 Å².